The number of carbonyl (C=O) groups is 1. The van der Waals surface area contributed by atoms with E-state index in [1.165, 1.54) is 0 Å². The lowest BCUT2D eigenvalue weighted by molar-refractivity contribution is -0.138. The molecular formula is C24H21N3O5. The summed E-state index contributed by atoms with van der Waals surface area (Å²) in [5.74, 6) is 0.180. The van der Waals surface area contributed by atoms with Gasteiger partial charge in [-0.25, -0.2) is 4.79 Å². The Morgan fingerprint density at radius 3 is 2.81 bits per heavy atom. The molecule has 5 rings (SSSR count). The molecule has 32 heavy (non-hydrogen) atoms. The molecule has 0 saturated heterocycles. The summed E-state index contributed by atoms with van der Waals surface area (Å²) in [7, 11) is 1.58. The second-order valence-electron chi connectivity index (χ2n) is 7.53. The van der Waals surface area contributed by atoms with E-state index >= 15 is 0 Å². The minimum Gasteiger partial charge on any atom is -0.493 e. The normalized spacial score (nSPS) is 15.4. The van der Waals surface area contributed by atoms with Crippen LogP contribution in [0.25, 0.3) is 11.1 Å². The topological polar surface area (TPSA) is 97.9 Å². The Balaban J connectivity index is 1.52. The summed E-state index contributed by atoms with van der Waals surface area (Å²) in [4.78, 5) is 22.4. The van der Waals surface area contributed by atoms with Crippen LogP contribution in [0.1, 0.15) is 16.7 Å². The van der Waals surface area contributed by atoms with E-state index in [0.717, 1.165) is 16.7 Å². The largest absolute Gasteiger partial charge is 0.493 e. The van der Waals surface area contributed by atoms with E-state index in [1.807, 2.05) is 42.5 Å². The number of aromatic nitrogens is 2. The smallest absolute Gasteiger partial charge is 0.326 e. The molecule has 162 valence electrons. The van der Waals surface area contributed by atoms with Crippen LogP contribution in [0, 0.1) is 0 Å². The lowest BCUT2D eigenvalue weighted by Crippen LogP contribution is -2.46. The van der Waals surface area contributed by atoms with Gasteiger partial charge in [0.2, 0.25) is 0 Å². The quantitative estimate of drug-likeness (QED) is 0.492. The van der Waals surface area contributed by atoms with Gasteiger partial charge in [0.1, 0.15) is 18.2 Å². The zero-order valence-electron chi connectivity index (χ0n) is 17.4. The van der Waals surface area contributed by atoms with Crippen molar-refractivity contribution in [3.63, 3.8) is 0 Å². The number of carboxylic acid groups (broad SMARTS) is 1. The molecule has 0 spiro atoms. The molecule has 0 aliphatic carbocycles. The predicted octanol–water partition coefficient (Wildman–Crippen LogP) is 3.83. The average molecular weight is 431 g/mol. The molecule has 8 nitrogen and oxygen atoms in total. The lowest BCUT2D eigenvalue weighted by atomic mass is 9.93. The summed E-state index contributed by atoms with van der Waals surface area (Å²) in [5, 5.41) is 10.0. The third kappa shape index (κ3) is 3.60. The zero-order chi connectivity index (χ0) is 22.1. The van der Waals surface area contributed by atoms with Crippen LogP contribution in [-0.4, -0.2) is 34.2 Å². The number of oxazole rings is 1. The Labute approximate surface area is 184 Å². The molecule has 4 aromatic rings. The van der Waals surface area contributed by atoms with Gasteiger partial charge in [-0.1, -0.05) is 36.4 Å². The number of hydrogen-bond donors (Lipinski definition) is 1. The van der Waals surface area contributed by atoms with E-state index in [1.54, 1.807) is 30.5 Å². The maximum atomic E-state index is 12.2. The van der Waals surface area contributed by atoms with Crippen molar-refractivity contribution in [2.75, 3.05) is 12.0 Å². The van der Waals surface area contributed by atoms with Crippen molar-refractivity contribution in [1.29, 1.82) is 0 Å². The van der Waals surface area contributed by atoms with E-state index < -0.39 is 12.0 Å². The van der Waals surface area contributed by atoms with Crippen molar-refractivity contribution >= 4 is 23.1 Å². The van der Waals surface area contributed by atoms with Gasteiger partial charge in [-0.3, -0.25) is 4.98 Å². The molecule has 2 aromatic heterocycles. The summed E-state index contributed by atoms with van der Waals surface area (Å²) in [5.41, 5.74) is 3.92. The first-order valence-electron chi connectivity index (χ1n) is 10.2. The molecule has 8 heteroatoms. The molecule has 2 aromatic carbocycles. The fourth-order valence-corrected chi connectivity index (χ4v) is 3.98. The first kappa shape index (κ1) is 19.9. The lowest BCUT2D eigenvalue weighted by Gasteiger charge is -2.34. The first-order valence-corrected chi connectivity index (χ1v) is 10.2. The average Bonchev–Trinajstić information content (AvgIpc) is 3.26. The number of methoxy groups -OCH3 is 1. The number of pyridine rings is 1. The van der Waals surface area contributed by atoms with Gasteiger partial charge < -0.3 is 23.9 Å². The van der Waals surface area contributed by atoms with Gasteiger partial charge in [-0.05, 0) is 23.3 Å². The number of fused-ring (bicyclic) bond motifs is 2. The van der Waals surface area contributed by atoms with Gasteiger partial charge in [-0.15, -0.1) is 0 Å². The van der Waals surface area contributed by atoms with Crippen LogP contribution in [-0.2, 0) is 24.4 Å². The summed E-state index contributed by atoms with van der Waals surface area (Å²) < 4.78 is 17.5. The standard InChI is InChI=1S/C24H21N3O5/c1-30-20-8-7-16-13-27(24-26-18-9-10-25-12-21(18)32-24)19(23(28)29)11-17(16)22(20)31-14-15-5-3-2-4-6-15/h2-10,12,19H,11,13-14H2,1H3,(H,28,29). The van der Waals surface area contributed by atoms with Crippen molar-refractivity contribution in [2.24, 2.45) is 0 Å². The Morgan fingerprint density at radius 1 is 1.22 bits per heavy atom. The molecule has 0 bridgehead atoms. The summed E-state index contributed by atoms with van der Waals surface area (Å²) in [6.45, 7) is 0.672. The molecule has 1 unspecified atom stereocenters. The van der Waals surface area contributed by atoms with Gasteiger partial charge in [0.05, 0.1) is 13.3 Å². The molecule has 1 N–H and O–H groups in total. The number of carboxylic acids is 1. The SMILES string of the molecule is COc1ccc2c(c1OCc1ccccc1)CC(C(=O)O)N(c1nc3ccncc3o1)C2. The Bertz CT molecular complexity index is 1240. The first-order chi connectivity index (χ1) is 15.6. The molecular weight excluding hydrogens is 410 g/mol. The number of ether oxygens (including phenoxy) is 2. The van der Waals surface area contributed by atoms with Crippen LogP contribution in [0.15, 0.2) is 65.3 Å². The number of aliphatic carboxylic acids is 1. The van der Waals surface area contributed by atoms with Crippen LogP contribution >= 0.6 is 0 Å². The molecule has 3 heterocycles. The monoisotopic (exact) mass is 431 g/mol. The third-order valence-corrected chi connectivity index (χ3v) is 5.59. The third-order valence-electron chi connectivity index (χ3n) is 5.59. The molecule has 0 saturated carbocycles. The minimum absolute atomic E-state index is 0.225. The Morgan fingerprint density at radius 2 is 2.06 bits per heavy atom. The minimum atomic E-state index is -0.965. The van der Waals surface area contributed by atoms with Crippen molar-refractivity contribution in [1.82, 2.24) is 9.97 Å². The van der Waals surface area contributed by atoms with E-state index in [0.29, 0.717) is 35.8 Å². The number of hydrogen-bond acceptors (Lipinski definition) is 7. The van der Waals surface area contributed by atoms with E-state index in [4.69, 9.17) is 13.9 Å². The van der Waals surface area contributed by atoms with Crippen LogP contribution in [0.4, 0.5) is 6.01 Å². The number of benzene rings is 2. The van der Waals surface area contributed by atoms with Gasteiger partial charge in [0.25, 0.3) is 6.01 Å². The molecule has 0 fully saturated rings. The highest BCUT2D eigenvalue weighted by Crippen LogP contribution is 2.40. The fourth-order valence-electron chi connectivity index (χ4n) is 3.98. The predicted molar refractivity (Wildman–Crippen MR) is 117 cm³/mol. The van der Waals surface area contributed by atoms with Gasteiger partial charge in [-0.2, -0.15) is 4.98 Å². The highest BCUT2D eigenvalue weighted by molar-refractivity contribution is 5.80. The second kappa shape index (κ2) is 8.22. The van der Waals surface area contributed by atoms with E-state index in [9.17, 15) is 9.90 Å². The van der Waals surface area contributed by atoms with Crippen LogP contribution < -0.4 is 14.4 Å². The highest BCUT2D eigenvalue weighted by atomic mass is 16.5. The molecule has 0 radical (unpaired) electrons. The van der Waals surface area contributed by atoms with E-state index in [2.05, 4.69) is 9.97 Å². The maximum absolute atomic E-state index is 12.2. The number of anilines is 1. The van der Waals surface area contributed by atoms with Crippen molar-refractivity contribution in [3.8, 4) is 11.5 Å². The zero-order valence-corrected chi connectivity index (χ0v) is 17.4. The fraction of sp³-hybridized carbons (Fsp3) is 0.208. The maximum Gasteiger partial charge on any atom is 0.326 e. The van der Waals surface area contributed by atoms with Crippen LogP contribution in [0.3, 0.4) is 0 Å². The van der Waals surface area contributed by atoms with Gasteiger partial charge in [0.15, 0.2) is 17.1 Å². The molecule has 1 atom stereocenters. The van der Waals surface area contributed by atoms with Crippen LogP contribution in [0.5, 0.6) is 11.5 Å². The number of nitrogens with zero attached hydrogens (tertiary/aromatic N) is 3. The summed E-state index contributed by atoms with van der Waals surface area (Å²) >= 11 is 0. The van der Waals surface area contributed by atoms with Crippen molar-refractivity contribution in [2.45, 2.75) is 25.6 Å². The second-order valence-corrected chi connectivity index (χ2v) is 7.53. The molecule has 0 amide bonds. The molecule has 1 aliphatic rings. The Hall–Kier alpha value is -4.07. The highest BCUT2D eigenvalue weighted by Gasteiger charge is 2.36. The summed E-state index contributed by atoms with van der Waals surface area (Å²) in [6, 6.07) is 14.7. The number of rotatable bonds is 6. The van der Waals surface area contributed by atoms with Crippen LogP contribution in [0.2, 0.25) is 0 Å². The van der Waals surface area contributed by atoms with Crippen molar-refractivity contribution in [3.05, 3.63) is 77.6 Å². The summed E-state index contributed by atoms with van der Waals surface area (Å²) in [6.07, 6.45) is 3.42. The van der Waals surface area contributed by atoms with Crippen molar-refractivity contribution < 1.29 is 23.8 Å². The Kier molecular flexibility index (Phi) is 5.10. The van der Waals surface area contributed by atoms with Gasteiger partial charge >= 0.3 is 5.97 Å². The molecule has 1 aliphatic heterocycles. The van der Waals surface area contributed by atoms with E-state index in [-0.39, 0.29) is 12.4 Å². The van der Waals surface area contributed by atoms with Gasteiger partial charge in [0, 0.05) is 24.7 Å².